The van der Waals surface area contributed by atoms with Gasteiger partial charge in [-0.05, 0) is 18.6 Å². The maximum atomic E-state index is 13.1. The topological polar surface area (TPSA) is 96.6 Å². The van der Waals surface area contributed by atoms with Crippen LogP contribution in [0.15, 0.2) is 24.3 Å². The second kappa shape index (κ2) is 9.11. The average Bonchev–Trinajstić information content (AvgIpc) is 3.23. The van der Waals surface area contributed by atoms with Crippen LogP contribution in [0.4, 0.5) is 19.4 Å². The van der Waals surface area contributed by atoms with Crippen molar-refractivity contribution in [2.75, 3.05) is 31.6 Å². The number of nitrogens with one attached hydrogen (secondary N) is 1. The summed E-state index contributed by atoms with van der Waals surface area (Å²) in [5.74, 6) is 1.05. The Hall–Kier alpha value is -2.85. The molecule has 0 radical (unpaired) electrons. The van der Waals surface area contributed by atoms with Crippen LogP contribution in [0.3, 0.4) is 0 Å². The Morgan fingerprint density at radius 2 is 1.94 bits per heavy atom. The van der Waals surface area contributed by atoms with Crippen LogP contribution >= 0.6 is 0 Å². The highest BCUT2D eigenvalue weighted by Crippen LogP contribution is 2.31. The Morgan fingerprint density at radius 3 is 2.65 bits per heavy atom. The number of morpholine rings is 1. The third-order valence-electron chi connectivity index (χ3n) is 5.58. The zero-order chi connectivity index (χ0) is 22.0. The molecule has 0 aliphatic carbocycles. The molecule has 1 aromatic heterocycles. The highest BCUT2D eigenvalue weighted by atomic mass is 19.3. The molecule has 1 aromatic carbocycles. The van der Waals surface area contributed by atoms with Gasteiger partial charge in [0.15, 0.2) is 0 Å². The number of nitrogens with zero attached hydrogens (tertiary/aromatic N) is 4. The van der Waals surface area contributed by atoms with Crippen LogP contribution < -0.4 is 11.1 Å². The fraction of sp³-hybridized carbons (Fsp3) is 0.476. The van der Waals surface area contributed by atoms with Crippen molar-refractivity contribution in [3.8, 4) is 0 Å². The molecular weight excluding hydrogens is 406 g/mol. The average molecular weight is 432 g/mol. The Balaban J connectivity index is 1.55. The third kappa shape index (κ3) is 4.59. The lowest BCUT2D eigenvalue weighted by atomic mass is 10.0. The molecular formula is C21H26F2N6O2. The number of carbonyl (C=O) groups is 1. The van der Waals surface area contributed by atoms with E-state index in [0.29, 0.717) is 51.0 Å². The van der Waals surface area contributed by atoms with Crippen molar-refractivity contribution in [2.45, 2.75) is 39.0 Å². The fourth-order valence-electron chi connectivity index (χ4n) is 3.86. The summed E-state index contributed by atoms with van der Waals surface area (Å²) in [7, 11) is 0. The van der Waals surface area contributed by atoms with Gasteiger partial charge < -0.3 is 25.6 Å². The summed E-state index contributed by atoms with van der Waals surface area (Å²) in [6.45, 7) is 4.99. The minimum absolute atomic E-state index is 0.0241. The monoisotopic (exact) mass is 432 g/mol. The van der Waals surface area contributed by atoms with E-state index in [1.54, 1.807) is 21.9 Å². The molecule has 3 N–H and O–H groups in total. The standard InChI is InChI=1S/C21H26F2N6O2/c1-13(14-3-2-4-15(9-14)19(22)23)25-20-16-11-29(12-17(16)26-18(10-24)27-20)21(30)28-5-7-31-8-6-28/h2-4,9,13,19H,5-8,10-12,24H2,1H3,(H,25,26,27)/t13-/m1/s1. The highest BCUT2D eigenvalue weighted by Gasteiger charge is 2.32. The Morgan fingerprint density at radius 1 is 1.19 bits per heavy atom. The van der Waals surface area contributed by atoms with Gasteiger partial charge in [0.05, 0.1) is 38.5 Å². The van der Waals surface area contributed by atoms with Gasteiger partial charge in [-0.2, -0.15) is 0 Å². The van der Waals surface area contributed by atoms with Gasteiger partial charge in [0, 0.05) is 30.3 Å². The van der Waals surface area contributed by atoms with Gasteiger partial charge in [-0.3, -0.25) is 0 Å². The number of benzene rings is 1. The first-order chi connectivity index (χ1) is 15.0. The van der Waals surface area contributed by atoms with Crippen LogP contribution in [0.2, 0.25) is 0 Å². The number of carbonyl (C=O) groups excluding carboxylic acids is 1. The van der Waals surface area contributed by atoms with E-state index in [2.05, 4.69) is 15.3 Å². The quantitative estimate of drug-likeness (QED) is 0.754. The number of rotatable bonds is 5. The van der Waals surface area contributed by atoms with E-state index in [9.17, 15) is 13.6 Å². The van der Waals surface area contributed by atoms with E-state index >= 15 is 0 Å². The predicted octanol–water partition coefficient (Wildman–Crippen LogP) is 2.81. The third-order valence-corrected chi connectivity index (χ3v) is 5.58. The van der Waals surface area contributed by atoms with E-state index in [1.807, 2.05) is 6.92 Å². The zero-order valence-electron chi connectivity index (χ0n) is 17.4. The summed E-state index contributed by atoms with van der Waals surface area (Å²) in [6.07, 6.45) is -2.53. The molecule has 31 heavy (non-hydrogen) atoms. The van der Waals surface area contributed by atoms with Crippen molar-refractivity contribution < 1.29 is 18.3 Å². The van der Waals surface area contributed by atoms with Gasteiger partial charge in [-0.1, -0.05) is 18.2 Å². The molecule has 2 amide bonds. The van der Waals surface area contributed by atoms with Gasteiger partial charge in [0.1, 0.15) is 11.6 Å². The summed E-state index contributed by atoms with van der Waals surface area (Å²) in [4.78, 5) is 25.5. The van der Waals surface area contributed by atoms with Crippen molar-refractivity contribution in [1.29, 1.82) is 0 Å². The molecule has 8 nitrogen and oxygen atoms in total. The maximum Gasteiger partial charge on any atom is 0.320 e. The summed E-state index contributed by atoms with van der Waals surface area (Å²) < 4.78 is 31.5. The van der Waals surface area contributed by atoms with Gasteiger partial charge in [0.2, 0.25) is 0 Å². The first-order valence-corrected chi connectivity index (χ1v) is 10.3. The van der Waals surface area contributed by atoms with E-state index in [4.69, 9.17) is 10.5 Å². The van der Waals surface area contributed by atoms with Crippen LogP contribution in [-0.4, -0.2) is 52.1 Å². The summed E-state index contributed by atoms with van der Waals surface area (Å²) in [5, 5.41) is 3.32. The molecule has 166 valence electrons. The van der Waals surface area contributed by atoms with E-state index in [0.717, 1.165) is 16.8 Å². The molecule has 2 aliphatic rings. The van der Waals surface area contributed by atoms with Crippen molar-refractivity contribution in [3.63, 3.8) is 0 Å². The molecule has 0 spiro atoms. The normalized spacial score (nSPS) is 17.1. The van der Waals surface area contributed by atoms with Crippen molar-refractivity contribution in [1.82, 2.24) is 19.8 Å². The molecule has 0 unspecified atom stereocenters. The number of amides is 2. The Labute approximate surface area is 179 Å². The number of ether oxygens (including phenoxy) is 1. The van der Waals surface area contributed by atoms with Gasteiger partial charge in [-0.15, -0.1) is 0 Å². The number of hydrogen-bond acceptors (Lipinski definition) is 6. The van der Waals surface area contributed by atoms with Crippen LogP contribution in [0.1, 0.15) is 47.6 Å². The number of halogens is 2. The van der Waals surface area contributed by atoms with Crippen molar-refractivity contribution >= 4 is 11.8 Å². The highest BCUT2D eigenvalue weighted by molar-refractivity contribution is 5.76. The molecule has 1 saturated heterocycles. The summed E-state index contributed by atoms with van der Waals surface area (Å²) in [5.41, 5.74) is 8.06. The molecule has 1 atom stereocenters. The van der Waals surface area contributed by atoms with Crippen LogP contribution in [-0.2, 0) is 24.4 Å². The largest absolute Gasteiger partial charge is 0.378 e. The maximum absolute atomic E-state index is 13.1. The first-order valence-electron chi connectivity index (χ1n) is 10.3. The van der Waals surface area contributed by atoms with E-state index in [-0.39, 0.29) is 24.2 Å². The number of urea groups is 1. The molecule has 2 aliphatic heterocycles. The lowest BCUT2D eigenvalue weighted by molar-refractivity contribution is 0.0429. The minimum atomic E-state index is -2.53. The van der Waals surface area contributed by atoms with Crippen LogP contribution in [0, 0.1) is 0 Å². The van der Waals surface area contributed by atoms with E-state index in [1.165, 1.54) is 12.1 Å². The lowest BCUT2D eigenvalue weighted by Crippen LogP contribution is -2.46. The molecule has 4 rings (SSSR count). The first kappa shape index (κ1) is 21.4. The zero-order valence-corrected chi connectivity index (χ0v) is 17.4. The predicted molar refractivity (Wildman–Crippen MR) is 110 cm³/mol. The fourth-order valence-corrected chi connectivity index (χ4v) is 3.86. The SMILES string of the molecule is C[C@@H](Nc1nc(CN)nc2c1CN(C(=O)N1CCOCC1)C2)c1cccc(C(F)F)c1. The van der Waals surface area contributed by atoms with Gasteiger partial charge in [-0.25, -0.2) is 23.5 Å². The smallest absolute Gasteiger partial charge is 0.320 e. The number of nitrogens with two attached hydrogens (primary N) is 1. The van der Waals surface area contributed by atoms with E-state index < -0.39 is 6.43 Å². The second-order valence-electron chi connectivity index (χ2n) is 7.69. The number of aromatic nitrogens is 2. The number of fused-ring (bicyclic) bond motifs is 1. The number of anilines is 1. The Bertz CT molecular complexity index is 951. The van der Waals surface area contributed by atoms with Gasteiger partial charge in [0.25, 0.3) is 6.43 Å². The molecule has 10 heteroatoms. The molecule has 1 fully saturated rings. The van der Waals surface area contributed by atoms with Crippen LogP contribution in [0.5, 0.6) is 0 Å². The molecule has 0 saturated carbocycles. The van der Waals surface area contributed by atoms with Crippen molar-refractivity contribution in [2.24, 2.45) is 5.73 Å². The molecule has 3 heterocycles. The minimum Gasteiger partial charge on any atom is -0.378 e. The summed E-state index contributed by atoms with van der Waals surface area (Å²) in [6, 6.07) is 5.98. The summed E-state index contributed by atoms with van der Waals surface area (Å²) >= 11 is 0. The second-order valence-corrected chi connectivity index (χ2v) is 7.69. The number of alkyl halides is 2. The molecule has 2 aromatic rings. The van der Waals surface area contributed by atoms with Crippen molar-refractivity contribution in [3.05, 3.63) is 52.5 Å². The number of hydrogen-bond donors (Lipinski definition) is 2. The Kier molecular flexibility index (Phi) is 6.28. The van der Waals surface area contributed by atoms with Gasteiger partial charge >= 0.3 is 6.03 Å². The lowest BCUT2D eigenvalue weighted by Gasteiger charge is -2.30. The van der Waals surface area contributed by atoms with Crippen LogP contribution in [0.25, 0.3) is 0 Å². The molecule has 0 bridgehead atoms.